The van der Waals surface area contributed by atoms with Gasteiger partial charge >= 0.3 is 6.03 Å². The average Bonchev–Trinajstić information content (AvgIpc) is 3.41. The maximum absolute atomic E-state index is 12.5. The number of amides is 2. The molecular formula is C19H22N6O. The quantitative estimate of drug-likeness (QED) is 0.786. The van der Waals surface area contributed by atoms with Crippen LogP contribution in [0.1, 0.15) is 23.7 Å². The van der Waals surface area contributed by atoms with Crippen molar-refractivity contribution in [2.24, 2.45) is 0 Å². The Labute approximate surface area is 152 Å². The SMILES string of the molecule is Cc1nn(-c2ccccc2)cc1CNC(=O)N1CCC(n2cccn2)C1. The van der Waals surface area contributed by atoms with Gasteiger partial charge in [0.2, 0.25) is 0 Å². The van der Waals surface area contributed by atoms with Crippen molar-refractivity contribution < 1.29 is 4.79 Å². The summed E-state index contributed by atoms with van der Waals surface area (Å²) >= 11 is 0. The molecular weight excluding hydrogens is 328 g/mol. The van der Waals surface area contributed by atoms with Crippen LogP contribution in [0.15, 0.2) is 55.0 Å². The minimum absolute atomic E-state index is 0.0356. The van der Waals surface area contributed by atoms with E-state index in [0.717, 1.165) is 29.9 Å². The Hall–Kier alpha value is -3.09. The lowest BCUT2D eigenvalue weighted by Crippen LogP contribution is -2.38. The number of aromatic nitrogens is 4. The molecule has 4 rings (SSSR count). The molecule has 0 bridgehead atoms. The summed E-state index contributed by atoms with van der Waals surface area (Å²) in [5.41, 5.74) is 2.95. The van der Waals surface area contributed by atoms with Gasteiger partial charge in [0, 0.05) is 43.8 Å². The van der Waals surface area contributed by atoms with Crippen molar-refractivity contribution in [1.29, 1.82) is 0 Å². The molecule has 26 heavy (non-hydrogen) atoms. The van der Waals surface area contributed by atoms with Gasteiger partial charge in [-0.25, -0.2) is 9.48 Å². The van der Waals surface area contributed by atoms with Gasteiger partial charge in [-0.3, -0.25) is 4.68 Å². The molecule has 1 saturated heterocycles. The van der Waals surface area contributed by atoms with E-state index in [4.69, 9.17) is 0 Å². The van der Waals surface area contributed by atoms with Gasteiger partial charge in [-0.15, -0.1) is 0 Å². The molecule has 1 aliphatic rings. The third-order valence-electron chi connectivity index (χ3n) is 4.80. The van der Waals surface area contributed by atoms with Crippen molar-refractivity contribution in [2.45, 2.75) is 25.9 Å². The first-order valence-corrected chi connectivity index (χ1v) is 8.83. The van der Waals surface area contributed by atoms with Crippen LogP contribution in [0.3, 0.4) is 0 Å². The van der Waals surface area contributed by atoms with E-state index in [0.29, 0.717) is 13.1 Å². The molecule has 0 spiro atoms. The second kappa shape index (κ2) is 7.03. The molecule has 3 heterocycles. The van der Waals surface area contributed by atoms with Gasteiger partial charge in [-0.2, -0.15) is 10.2 Å². The van der Waals surface area contributed by atoms with E-state index in [-0.39, 0.29) is 12.1 Å². The second-order valence-electron chi connectivity index (χ2n) is 6.55. The maximum atomic E-state index is 12.5. The number of hydrogen-bond donors (Lipinski definition) is 1. The van der Waals surface area contributed by atoms with E-state index in [1.54, 1.807) is 6.20 Å². The van der Waals surface area contributed by atoms with E-state index in [9.17, 15) is 4.79 Å². The van der Waals surface area contributed by atoms with Crippen molar-refractivity contribution in [3.8, 4) is 5.69 Å². The highest BCUT2D eigenvalue weighted by molar-refractivity contribution is 5.74. The summed E-state index contributed by atoms with van der Waals surface area (Å²) in [5.74, 6) is 0. The first-order valence-electron chi connectivity index (χ1n) is 8.83. The van der Waals surface area contributed by atoms with Crippen molar-refractivity contribution in [3.63, 3.8) is 0 Å². The number of urea groups is 1. The van der Waals surface area contributed by atoms with Crippen LogP contribution in [-0.2, 0) is 6.54 Å². The Morgan fingerprint density at radius 3 is 2.88 bits per heavy atom. The minimum atomic E-state index is -0.0356. The fourth-order valence-electron chi connectivity index (χ4n) is 3.30. The molecule has 1 fully saturated rings. The molecule has 134 valence electrons. The third kappa shape index (κ3) is 3.33. The molecule has 0 radical (unpaired) electrons. The summed E-state index contributed by atoms with van der Waals surface area (Å²) in [5, 5.41) is 11.8. The molecule has 3 aromatic rings. The van der Waals surface area contributed by atoms with Crippen molar-refractivity contribution in [2.75, 3.05) is 13.1 Å². The van der Waals surface area contributed by atoms with Crippen LogP contribution in [0.25, 0.3) is 5.69 Å². The Kier molecular flexibility index (Phi) is 4.43. The van der Waals surface area contributed by atoms with Crippen LogP contribution in [0.5, 0.6) is 0 Å². The molecule has 1 aromatic carbocycles. The van der Waals surface area contributed by atoms with Crippen molar-refractivity contribution in [3.05, 3.63) is 66.2 Å². The number of carbonyl (C=O) groups excluding carboxylic acids is 1. The van der Waals surface area contributed by atoms with Crippen LogP contribution in [0, 0.1) is 6.92 Å². The number of aryl methyl sites for hydroxylation is 1. The summed E-state index contributed by atoms with van der Waals surface area (Å²) < 4.78 is 3.78. The van der Waals surface area contributed by atoms with Crippen molar-refractivity contribution in [1.82, 2.24) is 29.8 Å². The van der Waals surface area contributed by atoms with E-state index in [1.807, 2.05) is 70.0 Å². The number of carbonyl (C=O) groups is 1. The Morgan fingerprint density at radius 2 is 2.12 bits per heavy atom. The number of para-hydroxylation sites is 1. The standard InChI is InChI=1S/C19H22N6O/c1-15-16(13-25(22-15)17-6-3-2-4-7-17)12-20-19(26)23-11-8-18(14-23)24-10-5-9-21-24/h2-7,9-10,13,18H,8,11-12,14H2,1H3,(H,20,26). The van der Waals surface area contributed by atoms with E-state index < -0.39 is 0 Å². The van der Waals surface area contributed by atoms with Gasteiger partial charge in [-0.05, 0) is 31.5 Å². The first kappa shape index (κ1) is 16.4. The normalized spacial score (nSPS) is 16.8. The van der Waals surface area contributed by atoms with Gasteiger partial charge in [0.05, 0.1) is 17.4 Å². The largest absolute Gasteiger partial charge is 0.334 e. The van der Waals surface area contributed by atoms with Crippen LogP contribution < -0.4 is 5.32 Å². The number of hydrogen-bond acceptors (Lipinski definition) is 3. The predicted octanol–water partition coefficient (Wildman–Crippen LogP) is 2.53. The lowest BCUT2D eigenvalue weighted by atomic mass is 10.2. The number of nitrogens with zero attached hydrogens (tertiary/aromatic N) is 5. The maximum Gasteiger partial charge on any atom is 0.317 e. The number of benzene rings is 1. The zero-order valence-electron chi connectivity index (χ0n) is 14.7. The summed E-state index contributed by atoms with van der Waals surface area (Å²) in [6, 6.07) is 12.1. The zero-order valence-corrected chi connectivity index (χ0v) is 14.7. The Morgan fingerprint density at radius 1 is 1.27 bits per heavy atom. The molecule has 2 aromatic heterocycles. The lowest BCUT2D eigenvalue weighted by molar-refractivity contribution is 0.206. The van der Waals surface area contributed by atoms with Crippen molar-refractivity contribution >= 4 is 6.03 Å². The lowest BCUT2D eigenvalue weighted by Gasteiger charge is -2.17. The molecule has 0 saturated carbocycles. The summed E-state index contributed by atoms with van der Waals surface area (Å²) in [7, 11) is 0. The van der Waals surface area contributed by atoms with Crippen LogP contribution >= 0.6 is 0 Å². The molecule has 1 N–H and O–H groups in total. The highest BCUT2D eigenvalue weighted by atomic mass is 16.2. The van der Waals surface area contributed by atoms with E-state index in [2.05, 4.69) is 15.5 Å². The summed E-state index contributed by atoms with van der Waals surface area (Å²) in [6.45, 7) is 3.87. The highest BCUT2D eigenvalue weighted by Crippen LogP contribution is 2.20. The van der Waals surface area contributed by atoms with Gasteiger partial charge in [-0.1, -0.05) is 18.2 Å². The molecule has 1 aliphatic heterocycles. The molecule has 1 atom stereocenters. The number of likely N-dealkylation sites (tertiary alicyclic amines) is 1. The number of rotatable bonds is 4. The Bertz CT molecular complexity index is 871. The van der Waals surface area contributed by atoms with E-state index in [1.165, 1.54) is 0 Å². The minimum Gasteiger partial charge on any atom is -0.334 e. The van der Waals surface area contributed by atoms with Gasteiger partial charge in [0.15, 0.2) is 0 Å². The zero-order chi connectivity index (χ0) is 17.9. The van der Waals surface area contributed by atoms with E-state index >= 15 is 0 Å². The third-order valence-corrected chi connectivity index (χ3v) is 4.80. The van der Waals surface area contributed by atoms with Crippen LogP contribution in [0.2, 0.25) is 0 Å². The predicted molar refractivity (Wildman–Crippen MR) is 98.0 cm³/mol. The van der Waals surface area contributed by atoms with Gasteiger partial charge in [0.1, 0.15) is 0 Å². The van der Waals surface area contributed by atoms with Gasteiger partial charge < -0.3 is 10.2 Å². The average molecular weight is 350 g/mol. The molecule has 1 unspecified atom stereocenters. The summed E-state index contributed by atoms with van der Waals surface area (Å²) in [4.78, 5) is 14.3. The molecule has 7 nitrogen and oxygen atoms in total. The molecule has 0 aliphatic carbocycles. The van der Waals surface area contributed by atoms with Crippen LogP contribution in [0.4, 0.5) is 4.79 Å². The second-order valence-corrected chi connectivity index (χ2v) is 6.55. The molecule has 7 heteroatoms. The fraction of sp³-hybridized carbons (Fsp3) is 0.316. The van der Waals surface area contributed by atoms with Crippen LogP contribution in [-0.4, -0.2) is 43.6 Å². The highest BCUT2D eigenvalue weighted by Gasteiger charge is 2.27. The fourth-order valence-corrected chi connectivity index (χ4v) is 3.30. The summed E-state index contributed by atoms with van der Waals surface area (Å²) in [6.07, 6.45) is 6.63. The monoisotopic (exact) mass is 350 g/mol. The number of nitrogens with one attached hydrogen (secondary N) is 1. The Balaban J connectivity index is 1.36. The smallest absolute Gasteiger partial charge is 0.317 e. The molecule has 2 amide bonds. The first-order chi connectivity index (χ1) is 12.7. The topological polar surface area (TPSA) is 68.0 Å². The van der Waals surface area contributed by atoms with Gasteiger partial charge in [0.25, 0.3) is 0 Å².